The summed E-state index contributed by atoms with van der Waals surface area (Å²) < 4.78 is 7.57. The molecule has 1 N–H and O–H groups in total. The molecule has 0 fully saturated rings. The molecule has 0 bridgehead atoms. The monoisotopic (exact) mass is 232 g/mol. The normalized spacial score (nSPS) is 10.4. The third kappa shape index (κ3) is 3.00. The number of aromatic hydroxyl groups is 1. The number of phenolic OH excluding ortho intramolecular Hbond substituents is 1. The Morgan fingerprint density at radius 1 is 1.35 bits per heavy atom. The van der Waals surface area contributed by atoms with Crippen molar-refractivity contribution < 1.29 is 9.84 Å². The van der Waals surface area contributed by atoms with Crippen LogP contribution in [0.5, 0.6) is 11.5 Å². The maximum absolute atomic E-state index is 9.50. The van der Waals surface area contributed by atoms with Gasteiger partial charge in [0.2, 0.25) is 0 Å². The lowest BCUT2D eigenvalue weighted by Crippen LogP contribution is -2.05. The molecular weight excluding hydrogens is 216 g/mol. The van der Waals surface area contributed by atoms with Gasteiger partial charge in [-0.2, -0.15) is 0 Å². The minimum absolute atomic E-state index is 0.186. The summed E-state index contributed by atoms with van der Waals surface area (Å²) in [5, 5.41) is 9.50. The molecule has 0 atom stereocenters. The second kappa shape index (κ2) is 5.39. The molecule has 0 aliphatic carbocycles. The van der Waals surface area contributed by atoms with Crippen molar-refractivity contribution in [1.82, 2.24) is 9.55 Å². The van der Waals surface area contributed by atoms with E-state index in [0.717, 1.165) is 18.8 Å². The lowest BCUT2D eigenvalue weighted by atomic mass is 10.3. The number of benzene rings is 1. The molecule has 1 aromatic heterocycles. The average Bonchev–Trinajstić information content (AvgIpc) is 2.73. The average molecular weight is 232 g/mol. The highest BCUT2D eigenvalue weighted by Crippen LogP contribution is 2.24. The minimum atomic E-state index is 0.186. The van der Waals surface area contributed by atoms with Crippen molar-refractivity contribution in [1.29, 1.82) is 0 Å². The summed E-state index contributed by atoms with van der Waals surface area (Å²) in [4.78, 5) is 4.15. The van der Waals surface area contributed by atoms with Crippen molar-refractivity contribution in [3.63, 3.8) is 0 Å². The largest absolute Gasteiger partial charge is 0.504 e. The SMILES string of the molecule is Cc1nccn1CCCOc1ccccc1O. The molecule has 0 saturated heterocycles. The van der Waals surface area contributed by atoms with Gasteiger partial charge in [-0.3, -0.25) is 0 Å². The van der Waals surface area contributed by atoms with Crippen LogP contribution in [0.4, 0.5) is 0 Å². The molecule has 90 valence electrons. The third-order valence-electron chi connectivity index (χ3n) is 2.59. The molecule has 4 nitrogen and oxygen atoms in total. The highest BCUT2D eigenvalue weighted by Gasteiger charge is 2.00. The number of ether oxygens (including phenoxy) is 1. The van der Waals surface area contributed by atoms with Gasteiger partial charge in [-0.05, 0) is 25.5 Å². The Hall–Kier alpha value is -1.97. The van der Waals surface area contributed by atoms with Gasteiger partial charge in [0.1, 0.15) is 5.82 Å². The van der Waals surface area contributed by atoms with Gasteiger partial charge in [0.25, 0.3) is 0 Å². The molecule has 4 heteroatoms. The quantitative estimate of drug-likeness (QED) is 0.805. The van der Waals surface area contributed by atoms with Gasteiger partial charge in [-0.25, -0.2) is 4.98 Å². The lowest BCUT2D eigenvalue weighted by Gasteiger charge is -2.08. The first-order chi connectivity index (χ1) is 8.27. The van der Waals surface area contributed by atoms with Crippen LogP contribution in [-0.2, 0) is 6.54 Å². The molecule has 0 radical (unpaired) electrons. The van der Waals surface area contributed by atoms with Crippen LogP contribution in [0, 0.1) is 6.92 Å². The Balaban J connectivity index is 1.77. The van der Waals surface area contributed by atoms with Crippen molar-refractivity contribution in [2.75, 3.05) is 6.61 Å². The molecule has 2 aromatic rings. The smallest absolute Gasteiger partial charge is 0.160 e. The van der Waals surface area contributed by atoms with E-state index < -0.39 is 0 Å². The van der Waals surface area contributed by atoms with Crippen molar-refractivity contribution in [2.45, 2.75) is 19.9 Å². The summed E-state index contributed by atoms with van der Waals surface area (Å²) in [5.41, 5.74) is 0. The number of phenols is 1. The fourth-order valence-corrected chi connectivity index (χ4v) is 1.64. The first kappa shape index (κ1) is 11.5. The summed E-state index contributed by atoms with van der Waals surface area (Å²) >= 11 is 0. The number of nitrogens with zero attached hydrogens (tertiary/aromatic N) is 2. The zero-order chi connectivity index (χ0) is 12.1. The molecule has 0 amide bonds. The summed E-state index contributed by atoms with van der Waals surface area (Å²) in [6.07, 6.45) is 4.63. The molecule has 2 rings (SSSR count). The maximum atomic E-state index is 9.50. The van der Waals surface area contributed by atoms with Crippen LogP contribution in [0.25, 0.3) is 0 Å². The maximum Gasteiger partial charge on any atom is 0.160 e. The number of imidazole rings is 1. The Labute approximate surface area is 100 Å². The number of aromatic nitrogens is 2. The van der Waals surface area contributed by atoms with Gasteiger partial charge in [0.15, 0.2) is 11.5 Å². The number of rotatable bonds is 5. The van der Waals surface area contributed by atoms with E-state index in [-0.39, 0.29) is 5.75 Å². The van der Waals surface area contributed by atoms with E-state index in [1.807, 2.05) is 19.2 Å². The van der Waals surface area contributed by atoms with E-state index in [2.05, 4.69) is 9.55 Å². The van der Waals surface area contributed by atoms with E-state index in [0.29, 0.717) is 12.4 Å². The Morgan fingerprint density at radius 2 is 2.18 bits per heavy atom. The van der Waals surface area contributed by atoms with Crippen LogP contribution in [0.1, 0.15) is 12.2 Å². The summed E-state index contributed by atoms with van der Waals surface area (Å²) in [6.45, 7) is 3.43. The van der Waals surface area contributed by atoms with Crippen molar-refractivity contribution in [2.24, 2.45) is 0 Å². The fourth-order valence-electron chi connectivity index (χ4n) is 1.64. The van der Waals surface area contributed by atoms with Crippen LogP contribution in [0.15, 0.2) is 36.7 Å². The van der Waals surface area contributed by atoms with Crippen molar-refractivity contribution in [3.8, 4) is 11.5 Å². The molecule has 17 heavy (non-hydrogen) atoms. The van der Waals surface area contributed by atoms with Gasteiger partial charge in [0.05, 0.1) is 6.61 Å². The summed E-state index contributed by atoms with van der Waals surface area (Å²) in [5.74, 6) is 1.73. The zero-order valence-corrected chi connectivity index (χ0v) is 9.84. The third-order valence-corrected chi connectivity index (χ3v) is 2.59. The van der Waals surface area contributed by atoms with E-state index in [4.69, 9.17) is 4.74 Å². The van der Waals surface area contributed by atoms with Gasteiger partial charge in [-0.15, -0.1) is 0 Å². The van der Waals surface area contributed by atoms with Crippen LogP contribution in [-0.4, -0.2) is 21.3 Å². The Morgan fingerprint density at radius 3 is 2.88 bits per heavy atom. The van der Waals surface area contributed by atoms with E-state index in [1.54, 1.807) is 24.4 Å². The van der Waals surface area contributed by atoms with Gasteiger partial charge in [-0.1, -0.05) is 12.1 Å². The first-order valence-corrected chi connectivity index (χ1v) is 5.66. The second-order valence-corrected chi connectivity index (χ2v) is 3.84. The van der Waals surface area contributed by atoms with E-state index in [9.17, 15) is 5.11 Å². The van der Waals surface area contributed by atoms with Crippen LogP contribution >= 0.6 is 0 Å². The van der Waals surface area contributed by atoms with Crippen molar-refractivity contribution >= 4 is 0 Å². The van der Waals surface area contributed by atoms with E-state index >= 15 is 0 Å². The highest BCUT2D eigenvalue weighted by molar-refractivity contribution is 5.37. The lowest BCUT2D eigenvalue weighted by molar-refractivity contribution is 0.286. The molecule has 0 spiro atoms. The van der Waals surface area contributed by atoms with Crippen molar-refractivity contribution in [3.05, 3.63) is 42.5 Å². The van der Waals surface area contributed by atoms with E-state index in [1.165, 1.54) is 0 Å². The van der Waals surface area contributed by atoms with Crippen LogP contribution < -0.4 is 4.74 Å². The Kier molecular flexibility index (Phi) is 3.65. The molecule has 0 unspecified atom stereocenters. The zero-order valence-electron chi connectivity index (χ0n) is 9.84. The molecule has 1 heterocycles. The minimum Gasteiger partial charge on any atom is -0.504 e. The Bertz CT molecular complexity index is 480. The standard InChI is InChI=1S/C13H16N2O2/c1-11-14-7-9-15(11)8-4-10-17-13-6-3-2-5-12(13)16/h2-3,5-7,9,16H,4,8,10H2,1H3. The molecule has 0 aliphatic heterocycles. The summed E-state index contributed by atoms with van der Waals surface area (Å²) in [6, 6.07) is 7.00. The summed E-state index contributed by atoms with van der Waals surface area (Å²) in [7, 11) is 0. The fraction of sp³-hybridized carbons (Fsp3) is 0.308. The van der Waals surface area contributed by atoms with Crippen LogP contribution in [0.2, 0.25) is 0 Å². The molecule has 1 aromatic carbocycles. The van der Waals surface area contributed by atoms with Gasteiger partial charge >= 0.3 is 0 Å². The molecule has 0 aliphatic rings. The number of hydrogen-bond donors (Lipinski definition) is 1. The second-order valence-electron chi connectivity index (χ2n) is 3.84. The highest BCUT2D eigenvalue weighted by atomic mass is 16.5. The molecule has 0 saturated carbocycles. The predicted molar refractivity (Wildman–Crippen MR) is 65.2 cm³/mol. The number of aryl methyl sites for hydroxylation is 2. The predicted octanol–water partition coefficient (Wildman–Crippen LogP) is 2.37. The molecular formula is C13H16N2O2. The van der Waals surface area contributed by atoms with Crippen LogP contribution in [0.3, 0.4) is 0 Å². The van der Waals surface area contributed by atoms with Gasteiger partial charge in [0, 0.05) is 18.9 Å². The number of hydrogen-bond acceptors (Lipinski definition) is 3. The van der Waals surface area contributed by atoms with Gasteiger partial charge < -0.3 is 14.4 Å². The topological polar surface area (TPSA) is 47.3 Å². The first-order valence-electron chi connectivity index (χ1n) is 5.66. The number of para-hydroxylation sites is 2.